The second-order valence-electron chi connectivity index (χ2n) is 5.18. The largest absolute Gasteiger partial charge is 0.312 e. The summed E-state index contributed by atoms with van der Waals surface area (Å²) >= 11 is 0. The second kappa shape index (κ2) is 6.63. The molecule has 1 saturated heterocycles. The van der Waals surface area contributed by atoms with E-state index in [1.54, 1.807) is 12.1 Å². The molecule has 104 valence electrons. The van der Waals surface area contributed by atoms with Crippen LogP contribution in [0.2, 0.25) is 0 Å². The lowest BCUT2D eigenvalue weighted by molar-refractivity contribution is -0.384. The number of rotatable bonds is 5. The molecule has 1 heterocycles. The number of non-ortho nitro benzene ring substituents is 1. The lowest BCUT2D eigenvalue weighted by Crippen LogP contribution is -2.49. The summed E-state index contributed by atoms with van der Waals surface area (Å²) in [5.74, 6) is 0. The monoisotopic (exact) mass is 263 g/mol. The first kappa shape index (κ1) is 14.0. The predicted octanol–water partition coefficient (Wildman–Crippen LogP) is 1.82. The fourth-order valence-corrected chi connectivity index (χ4v) is 2.51. The highest BCUT2D eigenvalue weighted by molar-refractivity contribution is 5.32. The Morgan fingerprint density at radius 1 is 1.42 bits per heavy atom. The summed E-state index contributed by atoms with van der Waals surface area (Å²) in [5, 5.41) is 14.0. The van der Waals surface area contributed by atoms with Crippen molar-refractivity contribution in [2.24, 2.45) is 0 Å². The Bertz CT molecular complexity index is 419. The lowest BCUT2D eigenvalue weighted by Gasteiger charge is -2.31. The van der Waals surface area contributed by atoms with Crippen molar-refractivity contribution in [3.05, 3.63) is 39.9 Å². The Kier molecular flexibility index (Phi) is 4.87. The van der Waals surface area contributed by atoms with Gasteiger partial charge < -0.3 is 10.2 Å². The molecule has 1 atom stereocenters. The average molecular weight is 263 g/mol. The summed E-state index contributed by atoms with van der Waals surface area (Å²) in [7, 11) is 0. The molecule has 1 aromatic rings. The van der Waals surface area contributed by atoms with Crippen molar-refractivity contribution in [1.29, 1.82) is 0 Å². The molecule has 0 saturated carbocycles. The van der Waals surface area contributed by atoms with Crippen LogP contribution in [0.25, 0.3) is 0 Å². The number of hydrogen-bond acceptors (Lipinski definition) is 4. The van der Waals surface area contributed by atoms with Crippen LogP contribution in [0.5, 0.6) is 0 Å². The van der Waals surface area contributed by atoms with E-state index in [2.05, 4.69) is 17.1 Å². The van der Waals surface area contributed by atoms with Gasteiger partial charge in [-0.15, -0.1) is 0 Å². The number of nitro benzene ring substituents is 1. The van der Waals surface area contributed by atoms with Crippen LogP contribution in [0.4, 0.5) is 5.69 Å². The van der Waals surface area contributed by atoms with Crippen molar-refractivity contribution >= 4 is 5.69 Å². The molecule has 1 aromatic carbocycles. The Morgan fingerprint density at radius 2 is 2.16 bits per heavy atom. The van der Waals surface area contributed by atoms with Crippen molar-refractivity contribution in [2.45, 2.75) is 25.8 Å². The number of nitro groups is 1. The topological polar surface area (TPSA) is 58.4 Å². The normalized spacial score (nSPS) is 20.4. The molecule has 0 aromatic heterocycles. The zero-order valence-electron chi connectivity index (χ0n) is 11.3. The van der Waals surface area contributed by atoms with E-state index >= 15 is 0 Å². The Hall–Kier alpha value is -1.46. The first-order chi connectivity index (χ1) is 9.15. The zero-order valence-corrected chi connectivity index (χ0v) is 11.3. The molecule has 0 aliphatic carbocycles. The van der Waals surface area contributed by atoms with E-state index in [4.69, 9.17) is 0 Å². The molecular formula is C14H21N3O2. The van der Waals surface area contributed by atoms with E-state index in [-0.39, 0.29) is 10.6 Å². The summed E-state index contributed by atoms with van der Waals surface area (Å²) in [6.07, 6.45) is 2.08. The minimum Gasteiger partial charge on any atom is -0.312 e. The number of hydrogen-bond donors (Lipinski definition) is 1. The maximum Gasteiger partial charge on any atom is 0.269 e. The van der Waals surface area contributed by atoms with Gasteiger partial charge in [-0.25, -0.2) is 0 Å². The van der Waals surface area contributed by atoms with Gasteiger partial charge in [0.05, 0.1) is 4.92 Å². The average Bonchev–Trinajstić information content (AvgIpc) is 2.39. The predicted molar refractivity (Wildman–Crippen MR) is 75.3 cm³/mol. The van der Waals surface area contributed by atoms with Gasteiger partial charge in [-0.1, -0.05) is 12.1 Å². The van der Waals surface area contributed by atoms with Crippen LogP contribution in [0.3, 0.4) is 0 Å². The molecule has 1 aliphatic heterocycles. The molecule has 1 aliphatic rings. The van der Waals surface area contributed by atoms with Crippen molar-refractivity contribution in [2.75, 3.05) is 26.2 Å². The summed E-state index contributed by atoms with van der Waals surface area (Å²) < 4.78 is 0. The molecule has 5 heteroatoms. The Balaban J connectivity index is 1.74. The summed E-state index contributed by atoms with van der Waals surface area (Å²) in [4.78, 5) is 12.7. The minimum absolute atomic E-state index is 0.166. The second-order valence-corrected chi connectivity index (χ2v) is 5.18. The van der Waals surface area contributed by atoms with E-state index < -0.39 is 0 Å². The van der Waals surface area contributed by atoms with Gasteiger partial charge in [-0.05, 0) is 31.9 Å². The first-order valence-electron chi connectivity index (χ1n) is 6.84. The zero-order chi connectivity index (χ0) is 13.7. The van der Waals surface area contributed by atoms with Crippen LogP contribution in [-0.4, -0.2) is 42.0 Å². The van der Waals surface area contributed by atoms with Gasteiger partial charge in [0.15, 0.2) is 0 Å². The lowest BCUT2D eigenvalue weighted by atomic mass is 10.1. The molecule has 0 bridgehead atoms. The number of nitrogens with zero attached hydrogens (tertiary/aromatic N) is 2. The van der Waals surface area contributed by atoms with Crippen LogP contribution < -0.4 is 5.32 Å². The molecule has 5 nitrogen and oxygen atoms in total. The third-order valence-corrected chi connectivity index (χ3v) is 3.54. The van der Waals surface area contributed by atoms with Gasteiger partial charge in [0.25, 0.3) is 5.69 Å². The molecule has 2 rings (SSSR count). The molecular weight excluding hydrogens is 242 g/mol. The van der Waals surface area contributed by atoms with Crippen LogP contribution in [0.1, 0.15) is 18.9 Å². The molecule has 1 N–H and O–H groups in total. The first-order valence-corrected chi connectivity index (χ1v) is 6.84. The van der Waals surface area contributed by atoms with Crippen LogP contribution in [-0.2, 0) is 6.42 Å². The van der Waals surface area contributed by atoms with Crippen molar-refractivity contribution in [3.8, 4) is 0 Å². The molecule has 0 amide bonds. The standard InChI is InChI=1S/C14H21N3O2/c1-12-11-16(10-8-15-12)9-2-3-13-4-6-14(7-5-13)17(18)19/h4-7,12,15H,2-3,8-11H2,1H3. The maximum atomic E-state index is 10.6. The summed E-state index contributed by atoms with van der Waals surface area (Å²) in [5.41, 5.74) is 1.34. The fraction of sp³-hybridized carbons (Fsp3) is 0.571. The Morgan fingerprint density at radius 3 is 2.79 bits per heavy atom. The number of benzene rings is 1. The van der Waals surface area contributed by atoms with E-state index in [0.717, 1.165) is 39.0 Å². The SMILES string of the molecule is CC1CN(CCCc2ccc([N+](=O)[O-])cc2)CCN1. The fourth-order valence-electron chi connectivity index (χ4n) is 2.51. The highest BCUT2D eigenvalue weighted by Gasteiger charge is 2.14. The highest BCUT2D eigenvalue weighted by Crippen LogP contribution is 2.13. The van der Waals surface area contributed by atoms with E-state index in [1.165, 1.54) is 5.56 Å². The highest BCUT2D eigenvalue weighted by atomic mass is 16.6. The number of aryl methyl sites for hydroxylation is 1. The van der Waals surface area contributed by atoms with Gasteiger partial charge in [0.1, 0.15) is 0 Å². The Labute approximate surface area is 113 Å². The number of piperazine rings is 1. The number of nitrogens with one attached hydrogen (secondary N) is 1. The van der Waals surface area contributed by atoms with Gasteiger partial charge in [0.2, 0.25) is 0 Å². The van der Waals surface area contributed by atoms with E-state index in [1.807, 2.05) is 12.1 Å². The molecule has 0 spiro atoms. The molecule has 0 radical (unpaired) electrons. The van der Waals surface area contributed by atoms with Gasteiger partial charge >= 0.3 is 0 Å². The third kappa shape index (κ3) is 4.29. The summed E-state index contributed by atoms with van der Waals surface area (Å²) in [6.45, 7) is 6.61. The van der Waals surface area contributed by atoms with Crippen LogP contribution in [0, 0.1) is 10.1 Å². The summed E-state index contributed by atoms with van der Waals surface area (Å²) in [6, 6.07) is 7.47. The van der Waals surface area contributed by atoms with Gasteiger partial charge in [-0.3, -0.25) is 10.1 Å². The minimum atomic E-state index is -0.355. The van der Waals surface area contributed by atoms with E-state index in [0.29, 0.717) is 6.04 Å². The van der Waals surface area contributed by atoms with E-state index in [9.17, 15) is 10.1 Å². The van der Waals surface area contributed by atoms with Gasteiger partial charge in [0, 0.05) is 37.8 Å². The van der Waals surface area contributed by atoms with Gasteiger partial charge in [-0.2, -0.15) is 0 Å². The molecule has 1 unspecified atom stereocenters. The van der Waals surface area contributed by atoms with Crippen LogP contribution >= 0.6 is 0 Å². The van der Waals surface area contributed by atoms with Crippen LogP contribution in [0.15, 0.2) is 24.3 Å². The van der Waals surface area contributed by atoms with Crippen molar-refractivity contribution in [3.63, 3.8) is 0 Å². The molecule has 19 heavy (non-hydrogen) atoms. The third-order valence-electron chi connectivity index (χ3n) is 3.54. The van der Waals surface area contributed by atoms with Crippen molar-refractivity contribution in [1.82, 2.24) is 10.2 Å². The quantitative estimate of drug-likeness (QED) is 0.650. The van der Waals surface area contributed by atoms with Crippen molar-refractivity contribution < 1.29 is 4.92 Å². The maximum absolute atomic E-state index is 10.6. The molecule has 1 fully saturated rings. The smallest absolute Gasteiger partial charge is 0.269 e.